The molecule has 16 heavy (non-hydrogen) atoms. The summed E-state index contributed by atoms with van der Waals surface area (Å²) in [6.07, 6.45) is 3.98. The van der Waals surface area contributed by atoms with Crippen molar-refractivity contribution in [2.24, 2.45) is 5.73 Å². The van der Waals surface area contributed by atoms with Crippen LogP contribution in [0.2, 0.25) is 0 Å². The third-order valence-electron chi connectivity index (χ3n) is 2.58. The lowest BCUT2D eigenvalue weighted by atomic mass is 10.2. The van der Waals surface area contributed by atoms with E-state index in [1.807, 2.05) is 12.3 Å². The number of aromatic nitrogens is 1. The monoisotopic (exact) mass is 215 g/mol. The largest absolute Gasteiger partial charge is 0.383 e. The van der Waals surface area contributed by atoms with E-state index in [0.717, 1.165) is 37.1 Å². The van der Waals surface area contributed by atoms with Crippen LogP contribution in [0.15, 0.2) is 36.5 Å². The third-order valence-corrected chi connectivity index (χ3v) is 2.58. The first-order chi connectivity index (χ1) is 7.92. The van der Waals surface area contributed by atoms with Crippen LogP contribution >= 0.6 is 0 Å². The molecule has 0 saturated carbocycles. The molecule has 1 aromatic carbocycles. The second-order valence-electron chi connectivity index (χ2n) is 3.80. The van der Waals surface area contributed by atoms with Crippen molar-refractivity contribution >= 4 is 16.6 Å². The van der Waals surface area contributed by atoms with Crippen LogP contribution in [-0.4, -0.2) is 18.1 Å². The summed E-state index contributed by atoms with van der Waals surface area (Å²) in [5, 5.41) is 4.58. The number of hydrogen-bond acceptors (Lipinski definition) is 3. The van der Waals surface area contributed by atoms with Gasteiger partial charge < -0.3 is 11.1 Å². The lowest BCUT2D eigenvalue weighted by Gasteiger charge is -2.08. The highest BCUT2D eigenvalue weighted by molar-refractivity contribution is 5.90. The number of unbranched alkanes of at least 4 members (excludes halogenated alkanes) is 1. The van der Waals surface area contributed by atoms with E-state index in [0.29, 0.717) is 0 Å². The van der Waals surface area contributed by atoms with Gasteiger partial charge in [0.25, 0.3) is 0 Å². The second kappa shape index (κ2) is 5.47. The summed E-state index contributed by atoms with van der Waals surface area (Å²) >= 11 is 0. The molecule has 3 heteroatoms. The van der Waals surface area contributed by atoms with E-state index < -0.39 is 0 Å². The Morgan fingerprint density at radius 1 is 1.12 bits per heavy atom. The second-order valence-corrected chi connectivity index (χ2v) is 3.80. The molecule has 0 amide bonds. The van der Waals surface area contributed by atoms with Crippen LogP contribution < -0.4 is 11.1 Å². The maximum absolute atomic E-state index is 5.46. The van der Waals surface area contributed by atoms with Gasteiger partial charge in [-0.05, 0) is 31.5 Å². The summed E-state index contributed by atoms with van der Waals surface area (Å²) < 4.78 is 0. The Kier molecular flexibility index (Phi) is 3.72. The third kappa shape index (κ3) is 2.49. The topological polar surface area (TPSA) is 50.9 Å². The number of hydrogen-bond donors (Lipinski definition) is 2. The van der Waals surface area contributed by atoms with Gasteiger partial charge in [0.15, 0.2) is 0 Å². The summed E-state index contributed by atoms with van der Waals surface area (Å²) in [4.78, 5) is 4.39. The number of fused-ring (bicyclic) bond motifs is 1. The van der Waals surface area contributed by atoms with Gasteiger partial charge in [0.05, 0.1) is 11.2 Å². The van der Waals surface area contributed by atoms with E-state index in [2.05, 4.69) is 34.6 Å². The summed E-state index contributed by atoms with van der Waals surface area (Å²) in [7, 11) is 0. The molecule has 0 spiro atoms. The molecular weight excluding hydrogens is 198 g/mol. The zero-order valence-corrected chi connectivity index (χ0v) is 9.32. The molecule has 2 rings (SSSR count). The van der Waals surface area contributed by atoms with Crippen LogP contribution in [0.3, 0.4) is 0 Å². The Hall–Kier alpha value is -1.61. The molecule has 0 unspecified atom stereocenters. The molecule has 0 aliphatic rings. The van der Waals surface area contributed by atoms with Gasteiger partial charge in [-0.1, -0.05) is 18.2 Å². The Labute approximate surface area is 95.7 Å². The summed E-state index contributed by atoms with van der Waals surface area (Å²) in [5.41, 5.74) is 7.60. The van der Waals surface area contributed by atoms with E-state index in [4.69, 9.17) is 5.73 Å². The minimum Gasteiger partial charge on any atom is -0.383 e. The number of nitrogens with zero attached hydrogens (tertiary/aromatic N) is 1. The molecule has 84 valence electrons. The molecule has 2 aromatic rings. The van der Waals surface area contributed by atoms with Crippen LogP contribution in [0.5, 0.6) is 0 Å². The lowest BCUT2D eigenvalue weighted by Crippen LogP contribution is -2.06. The minimum atomic E-state index is 0.759. The zero-order chi connectivity index (χ0) is 11.2. The fraction of sp³-hybridized carbons (Fsp3) is 0.308. The highest BCUT2D eigenvalue weighted by Crippen LogP contribution is 2.20. The zero-order valence-electron chi connectivity index (χ0n) is 9.32. The number of pyridine rings is 1. The first-order valence-electron chi connectivity index (χ1n) is 5.69. The molecule has 3 N–H and O–H groups in total. The van der Waals surface area contributed by atoms with Gasteiger partial charge in [-0.15, -0.1) is 0 Å². The van der Waals surface area contributed by atoms with E-state index >= 15 is 0 Å². The van der Waals surface area contributed by atoms with Crippen molar-refractivity contribution in [1.29, 1.82) is 0 Å². The van der Waals surface area contributed by atoms with Gasteiger partial charge in [0.2, 0.25) is 0 Å². The highest BCUT2D eigenvalue weighted by Gasteiger charge is 1.99. The first-order valence-corrected chi connectivity index (χ1v) is 5.69. The van der Waals surface area contributed by atoms with Crippen molar-refractivity contribution < 1.29 is 0 Å². The van der Waals surface area contributed by atoms with Crippen molar-refractivity contribution in [2.75, 3.05) is 18.4 Å². The number of nitrogens with one attached hydrogen (secondary N) is 1. The van der Waals surface area contributed by atoms with Crippen molar-refractivity contribution in [3.05, 3.63) is 36.5 Å². The van der Waals surface area contributed by atoms with Crippen molar-refractivity contribution in [3.8, 4) is 0 Å². The molecule has 0 saturated heterocycles. The highest BCUT2D eigenvalue weighted by atomic mass is 14.9. The van der Waals surface area contributed by atoms with Crippen LogP contribution in [0.1, 0.15) is 12.8 Å². The number of para-hydroxylation sites is 1. The Morgan fingerprint density at radius 2 is 2.00 bits per heavy atom. The number of benzene rings is 1. The maximum atomic E-state index is 5.46. The number of rotatable bonds is 5. The van der Waals surface area contributed by atoms with Gasteiger partial charge >= 0.3 is 0 Å². The van der Waals surface area contributed by atoms with Gasteiger partial charge in [-0.2, -0.15) is 0 Å². The van der Waals surface area contributed by atoms with Gasteiger partial charge in [-0.25, -0.2) is 0 Å². The quantitative estimate of drug-likeness (QED) is 0.753. The Balaban J connectivity index is 2.11. The molecule has 0 aliphatic heterocycles. The molecule has 3 nitrogen and oxygen atoms in total. The summed E-state index contributed by atoms with van der Waals surface area (Å²) in [6, 6.07) is 10.2. The average Bonchev–Trinajstić information content (AvgIpc) is 2.35. The Bertz CT molecular complexity index is 448. The lowest BCUT2D eigenvalue weighted by molar-refractivity contribution is 0.774. The molecule has 0 radical (unpaired) electrons. The normalized spacial score (nSPS) is 10.6. The summed E-state index contributed by atoms with van der Waals surface area (Å²) in [5.74, 6) is 0. The van der Waals surface area contributed by atoms with E-state index in [1.165, 1.54) is 5.39 Å². The van der Waals surface area contributed by atoms with Crippen LogP contribution in [0, 0.1) is 0 Å². The maximum Gasteiger partial charge on any atom is 0.0933 e. The van der Waals surface area contributed by atoms with Crippen LogP contribution in [0.25, 0.3) is 10.9 Å². The molecule has 1 aromatic heterocycles. The fourth-order valence-electron chi connectivity index (χ4n) is 1.74. The van der Waals surface area contributed by atoms with E-state index in [1.54, 1.807) is 0 Å². The van der Waals surface area contributed by atoms with Gasteiger partial charge in [0, 0.05) is 18.1 Å². The van der Waals surface area contributed by atoms with Gasteiger partial charge in [-0.3, -0.25) is 4.98 Å². The predicted molar refractivity (Wildman–Crippen MR) is 68.5 cm³/mol. The standard InChI is InChI=1S/C13H17N3/c14-8-1-2-9-15-12-7-3-5-11-6-4-10-16-13(11)12/h3-7,10,15H,1-2,8-9,14H2. The van der Waals surface area contributed by atoms with Gasteiger partial charge in [0.1, 0.15) is 0 Å². The predicted octanol–water partition coefficient (Wildman–Crippen LogP) is 2.39. The van der Waals surface area contributed by atoms with E-state index in [-0.39, 0.29) is 0 Å². The molecule has 0 fully saturated rings. The summed E-state index contributed by atoms with van der Waals surface area (Å²) in [6.45, 7) is 1.71. The number of nitrogens with two attached hydrogens (primary N) is 1. The molecule has 1 heterocycles. The van der Waals surface area contributed by atoms with Crippen molar-refractivity contribution in [2.45, 2.75) is 12.8 Å². The molecule has 0 aliphatic carbocycles. The van der Waals surface area contributed by atoms with E-state index in [9.17, 15) is 0 Å². The molecular formula is C13H17N3. The van der Waals surface area contributed by atoms with Crippen LogP contribution in [0.4, 0.5) is 5.69 Å². The average molecular weight is 215 g/mol. The first kappa shape index (κ1) is 10.9. The smallest absolute Gasteiger partial charge is 0.0933 e. The fourth-order valence-corrected chi connectivity index (χ4v) is 1.74. The molecule has 0 atom stereocenters. The van der Waals surface area contributed by atoms with Crippen LogP contribution in [-0.2, 0) is 0 Å². The van der Waals surface area contributed by atoms with Crippen molar-refractivity contribution in [1.82, 2.24) is 4.98 Å². The van der Waals surface area contributed by atoms with Crippen molar-refractivity contribution in [3.63, 3.8) is 0 Å². The Morgan fingerprint density at radius 3 is 2.88 bits per heavy atom. The SMILES string of the molecule is NCCCCNc1cccc2cccnc12. The molecule has 0 bridgehead atoms. The number of anilines is 1. The minimum absolute atomic E-state index is 0.759.